The minimum atomic E-state index is -0.510. The van der Waals surface area contributed by atoms with Crippen LogP contribution in [0.15, 0.2) is 24.3 Å². The molecule has 4 rings (SSSR count). The van der Waals surface area contributed by atoms with E-state index in [2.05, 4.69) is 11.1 Å². The van der Waals surface area contributed by atoms with Crippen molar-refractivity contribution in [2.45, 2.75) is 33.2 Å². The van der Waals surface area contributed by atoms with Crippen molar-refractivity contribution in [3.05, 3.63) is 40.5 Å². The quantitative estimate of drug-likeness (QED) is 0.920. The van der Waals surface area contributed by atoms with Crippen LogP contribution < -0.4 is 5.73 Å². The lowest BCUT2D eigenvalue weighted by molar-refractivity contribution is -0.123. The Bertz CT molecular complexity index is 891. The van der Waals surface area contributed by atoms with Crippen LogP contribution in [0.2, 0.25) is 0 Å². The third kappa shape index (κ3) is 2.39. The zero-order valence-electron chi connectivity index (χ0n) is 14.6. The fraction of sp³-hybridized carbons (Fsp3) is 0.421. The summed E-state index contributed by atoms with van der Waals surface area (Å²) in [7, 11) is 0. The Morgan fingerprint density at radius 1 is 1.36 bits per heavy atom. The van der Waals surface area contributed by atoms with Crippen molar-refractivity contribution >= 4 is 23.2 Å². The number of aryl methyl sites for hydroxylation is 2. The van der Waals surface area contributed by atoms with Crippen LogP contribution in [0.25, 0.3) is 10.4 Å². The number of fused-ring (bicyclic) bond motifs is 1. The first-order valence-electron chi connectivity index (χ1n) is 8.49. The highest BCUT2D eigenvalue weighted by Gasteiger charge is 2.68. The number of likely N-dealkylation sites (tertiary alicyclic amines) is 1. The standard InChI is InChI=1S/C19H21N3O2S/c1-10-5-4-6-13(7-10)16-15(21-12(3)25-16)17(23)22-9-19(18(20)24)8-14(19)11(22)2/h4-7,11,14H,8-9H2,1-3H3,(H2,20,24)/t11-,14+,19-/m0/s1. The van der Waals surface area contributed by atoms with Crippen LogP contribution in [0.1, 0.15) is 34.4 Å². The largest absolute Gasteiger partial charge is 0.369 e. The van der Waals surface area contributed by atoms with Gasteiger partial charge in [0.05, 0.1) is 15.3 Å². The second-order valence-corrected chi connectivity index (χ2v) is 8.49. The molecule has 3 atom stereocenters. The highest BCUT2D eigenvalue weighted by Crippen LogP contribution is 2.60. The first-order chi connectivity index (χ1) is 11.8. The number of carbonyl (C=O) groups excluding carboxylic acids is 2. The highest BCUT2D eigenvalue weighted by molar-refractivity contribution is 7.15. The predicted molar refractivity (Wildman–Crippen MR) is 97.3 cm³/mol. The molecule has 2 heterocycles. The monoisotopic (exact) mass is 355 g/mol. The van der Waals surface area contributed by atoms with E-state index < -0.39 is 5.41 Å². The van der Waals surface area contributed by atoms with E-state index >= 15 is 0 Å². The van der Waals surface area contributed by atoms with Crippen molar-refractivity contribution in [3.8, 4) is 10.4 Å². The van der Waals surface area contributed by atoms with Gasteiger partial charge in [0.25, 0.3) is 5.91 Å². The van der Waals surface area contributed by atoms with Gasteiger partial charge in [-0.3, -0.25) is 9.59 Å². The lowest BCUT2D eigenvalue weighted by atomic mass is 10.1. The molecule has 6 heteroatoms. The molecular formula is C19H21N3O2S. The molecule has 0 spiro atoms. The molecule has 2 fully saturated rings. The van der Waals surface area contributed by atoms with E-state index in [9.17, 15) is 9.59 Å². The fourth-order valence-corrected chi connectivity index (χ4v) is 5.03. The number of rotatable bonds is 3. The Labute approximate surface area is 150 Å². The molecule has 5 nitrogen and oxygen atoms in total. The van der Waals surface area contributed by atoms with Crippen LogP contribution in [0.3, 0.4) is 0 Å². The van der Waals surface area contributed by atoms with Gasteiger partial charge < -0.3 is 10.6 Å². The summed E-state index contributed by atoms with van der Waals surface area (Å²) in [6, 6.07) is 8.12. The Hall–Kier alpha value is -2.21. The first kappa shape index (κ1) is 16.3. The summed E-state index contributed by atoms with van der Waals surface area (Å²) < 4.78 is 0. The molecule has 1 aliphatic heterocycles. The van der Waals surface area contributed by atoms with E-state index in [1.165, 1.54) is 11.3 Å². The van der Waals surface area contributed by atoms with Crippen molar-refractivity contribution in [2.24, 2.45) is 17.1 Å². The lowest BCUT2D eigenvalue weighted by Crippen LogP contribution is -2.39. The topological polar surface area (TPSA) is 76.3 Å². The number of piperidine rings is 1. The summed E-state index contributed by atoms with van der Waals surface area (Å²) in [5.41, 5.74) is 7.72. The van der Waals surface area contributed by atoms with Gasteiger partial charge in [0.15, 0.2) is 0 Å². The van der Waals surface area contributed by atoms with Crippen LogP contribution in [0.4, 0.5) is 0 Å². The van der Waals surface area contributed by atoms with E-state index in [1.807, 2.05) is 39.0 Å². The Balaban J connectivity index is 1.69. The maximum absolute atomic E-state index is 13.2. The Kier molecular flexibility index (Phi) is 3.51. The van der Waals surface area contributed by atoms with E-state index in [-0.39, 0.29) is 23.8 Å². The summed E-state index contributed by atoms with van der Waals surface area (Å²) in [6.45, 7) is 6.37. The molecule has 2 aliphatic rings. The molecule has 1 aliphatic carbocycles. The minimum absolute atomic E-state index is 0.0207. The first-order valence-corrected chi connectivity index (χ1v) is 9.30. The van der Waals surface area contributed by atoms with E-state index in [4.69, 9.17) is 5.73 Å². The normalized spacial score (nSPS) is 27.2. The van der Waals surface area contributed by atoms with Crippen molar-refractivity contribution in [3.63, 3.8) is 0 Å². The van der Waals surface area contributed by atoms with Gasteiger partial charge in [-0.2, -0.15) is 0 Å². The van der Waals surface area contributed by atoms with Gasteiger partial charge in [0.1, 0.15) is 5.69 Å². The maximum atomic E-state index is 13.2. The van der Waals surface area contributed by atoms with E-state index in [1.54, 1.807) is 4.90 Å². The highest BCUT2D eigenvalue weighted by atomic mass is 32.1. The van der Waals surface area contributed by atoms with Crippen molar-refractivity contribution in [1.82, 2.24) is 9.88 Å². The van der Waals surface area contributed by atoms with Crippen molar-refractivity contribution in [1.29, 1.82) is 0 Å². The van der Waals surface area contributed by atoms with Gasteiger partial charge in [-0.05, 0) is 38.7 Å². The van der Waals surface area contributed by atoms with Crippen LogP contribution in [0.5, 0.6) is 0 Å². The molecular weight excluding hydrogens is 334 g/mol. The smallest absolute Gasteiger partial charge is 0.274 e. The number of hydrogen-bond donors (Lipinski definition) is 1. The lowest BCUT2D eigenvalue weighted by Gasteiger charge is -2.24. The number of aromatic nitrogens is 1. The second kappa shape index (κ2) is 5.39. The Morgan fingerprint density at radius 2 is 2.12 bits per heavy atom. The SMILES string of the molecule is Cc1cccc(-c2sc(C)nc2C(=O)N2C[C@@]3(C(N)=O)C[C@@H]3[C@@H]2C)c1. The molecule has 0 unspecified atom stereocenters. The summed E-state index contributed by atoms with van der Waals surface area (Å²) in [6.07, 6.45) is 0.800. The third-order valence-electron chi connectivity index (χ3n) is 5.63. The molecule has 2 aromatic rings. The van der Waals surface area contributed by atoms with Crippen molar-refractivity contribution in [2.75, 3.05) is 6.54 Å². The number of thiazole rings is 1. The molecule has 0 radical (unpaired) electrons. The summed E-state index contributed by atoms with van der Waals surface area (Å²) >= 11 is 1.53. The van der Waals surface area contributed by atoms with E-state index in [0.717, 1.165) is 27.4 Å². The summed E-state index contributed by atoms with van der Waals surface area (Å²) in [5.74, 6) is -0.190. The average molecular weight is 355 g/mol. The molecule has 25 heavy (non-hydrogen) atoms. The molecule has 130 valence electrons. The van der Waals surface area contributed by atoms with Gasteiger partial charge in [0.2, 0.25) is 5.91 Å². The molecule has 1 aromatic heterocycles. The van der Waals surface area contributed by atoms with Gasteiger partial charge in [-0.1, -0.05) is 29.8 Å². The van der Waals surface area contributed by atoms with E-state index in [0.29, 0.717) is 12.2 Å². The average Bonchev–Trinajstić information content (AvgIpc) is 3.07. The van der Waals surface area contributed by atoms with Crippen LogP contribution in [0, 0.1) is 25.2 Å². The fourth-order valence-electron chi connectivity index (χ4n) is 4.12. The third-order valence-corrected chi connectivity index (χ3v) is 6.65. The minimum Gasteiger partial charge on any atom is -0.369 e. The van der Waals surface area contributed by atoms with Crippen molar-refractivity contribution < 1.29 is 9.59 Å². The molecule has 0 bridgehead atoms. The molecule has 1 saturated heterocycles. The predicted octanol–water partition coefficient (Wildman–Crippen LogP) is 2.76. The number of nitrogens with zero attached hydrogens (tertiary/aromatic N) is 2. The van der Waals surface area contributed by atoms with Gasteiger partial charge in [-0.15, -0.1) is 11.3 Å². The number of primary amides is 1. The van der Waals surface area contributed by atoms with Crippen LogP contribution in [-0.2, 0) is 4.79 Å². The molecule has 1 saturated carbocycles. The van der Waals surface area contributed by atoms with Gasteiger partial charge in [0, 0.05) is 12.6 Å². The molecule has 2 amide bonds. The molecule has 1 aromatic carbocycles. The van der Waals surface area contributed by atoms with Crippen LogP contribution in [-0.4, -0.2) is 34.3 Å². The maximum Gasteiger partial charge on any atom is 0.274 e. The van der Waals surface area contributed by atoms with Gasteiger partial charge >= 0.3 is 0 Å². The van der Waals surface area contributed by atoms with Gasteiger partial charge in [-0.25, -0.2) is 4.98 Å². The Morgan fingerprint density at radius 3 is 2.76 bits per heavy atom. The number of amides is 2. The number of carbonyl (C=O) groups is 2. The zero-order valence-corrected chi connectivity index (χ0v) is 15.4. The second-order valence-electron chi connectivity index (χ2n) is 7.28. The summed E-state index contributed by atoms with van der Waals surface area (Å²) in [5, 5.41) is 0.862. The number of nitrogens with two attached hydrogens (primary N) is 1. The molecule has 2 N–H and O–H groups in total. The number of benzene rings is 1. The summed E-state index contributed by atoms with van der Waals surface area (Å²) in [4.78, 5) is 32.2. The number of hydrogen-bond acceptors (Lipinski definition) is 4. The van der Waals surface area contributed by atoms with Crippen LogP contribution >= 0.6 is 11.3 Å². The zero-order chi connectivity index (χ0) is 17.9.